The molecule has 4 nitrogen and oxygen atoms in total. The number of thioether (sulfide) groups is 1. The van der Waals surface area contributed by atoms with Crippen LogP contribution in [0.1, 0.15) is 48.8 Å². The van der Waals surface area contributed by atoms with Gasteiger partial charge in [-0.25, -0.2) is 21.6 Å². The molecule has 1 amide bonds. The predicted octanol–water partition coefficient (Wildman–Crippen LogP) is 6.86. The van der Waals surface area contributed by atoms with Crippen molar-refractivity contribution in [1.82, 2.24) is 5.32 Å². The fourth-order valence-corrected chi connectivity index (χ4v) is 10.4. The molecule has 0 aromatic heterocycles. The number of carbonyl (C=O) groups excluding carboxylic acids is 1. The molecule has 3 atom stereocenters. The van der Waals surface area contributed by atoms with Crippen molar-refractivity contribution in [3.63, 3.8) is 0 Å². The fourth-order valence-electron chi connectivity index (χ4n) is 6.77. The molecule has 1 aliphatic heterocycles. The standard InChI is InChI=1S/C28H26F9NO3S2/c29-18-3-5-19(6-4-18)43(40,41)25-10-9-22(38-23(39)24(30)11-13-42-14-12-24)21(25)7-1-16-15-17(2-8-20(16)25)26(31,27(32,33)34)28(35,36)37/h2-6,8,15,21-22H,1,7,9-14H2,(H,38,39)/t21-,22+,25+/m0/s1. The topological polar surface area (TPSA) is 63.2 Å². The molecule has 2 aromatic carbocycles. The van der Waals surface area contributed by atoms with Crippen molar-refractivity contribution in [2.24, 2.45) is 5.92 Å². The summed E-state index contributed by atoms with van der Waals surface area (Å²) in [5, 5.41) is 2.65. The molecular weight excluding hydrogens is 633 g/mol. The van der Waals surface area contributed by atoms with E-state index >= 15 is 4.39 Å². The Bertz CT molecular complexity index is 1490. The van der Waals surface area contributed by atoms with E-state index in [9.17, 15) is 48.3 Å². The van der Waals surface area contributed by atoms with Crippen LogP contribution in [0.4, 0.5) is 39.5 Å². The molecule has 2 aliphatic carbocycles. The predicted molar refractivity (Wildman–Crippen MR) is 140 cm³/mol. The first-order valence-corrected chi connectivity index (χ1v) is 16.1. The number of fused-ring (bicyclic) bond motifs is 3. The van der Waals surface area contributed by atoms with Crippen LogP contribution in [0.3, 0.4) is 0 Å². The third-order valence-electron chi connectivity index (χ3n) is 8.99. The minimum Gasteiger partial charge on any atom is -0.350 e. The molecule has 0 radical (unpaired) electrons. The quantitative estimate of drug-likeness (QED) is 0.282. The van der Waals surface area contributed by atoms with E-state index in [1.165, 1.54) is 11.8 Å². The van der Waals surface area contributed by atoms with Crippen LogP contribution in [-0.2, 0) is 31.5 Å². The van der Waals surface area contributed by atoms with Crippen LogP contribution in [-0.4, -0.2) is 49.9 Å². The van der Waals surface area contributed by atoms with E-state index in [4.69, 9.17) is 0 Å². The van der Waals surface area contributed by atoms with Crippen molar-refractivity contribution >= 4 is 27.5 Å². The lowest BCUT2D eigenvalue weighted by molar-refractivity contribution is -0.348. The van der Waals surface area contributed by atoms with Gasteiger partial charge in [-0.05, 0) is 85.4 Å². The Balaban J connectivity index is 1.63. The average molecular weight is 660 g/mol. The van der Waals surface area contributed by atoms with E-state index in [0.29, 0.717) is 17.6 Å². The van der Waals surface area contributed by atoms with Crippen molar-refractivity contribution in [1.29, 1.82) is 0 Å². The number of alkyl halides is 8. The molecule has 0 bridgehead atoms. The van der Waals surface area contributed by atoms with Crippen molar-refractivity contribution < 1.29 is 52.7 Å². The zero-order valence-corrected chi connectivity index (χ0v) is 23.9. The molecular formula is C28H26F9NO3S2. The van der Waals surface area contributed by atoms with Crippen LogP contribution < -0.4 is 5.32 Å². The second-order valence-electron chi connectivity index (χ2n) is 11.2. The Kier molecular flexibility index (Phi) is 7.88. The molecule has 2 aromatic rings. The van der Waals surface area contributed by atoms with Gasteiger partial charge in [-0.3, -0.25) is 4.79 Å². The SMILES string of the molecule is O=C(N[C@@H]1CC[C@@]2(S(=O)(=O)c3ccc(F)cc3)c3ccc(C(F)(C(F)(F)F)C(F)(F)F)cc3CC[C@@H]12)C1(F)CCSCC1. The molecule has 3 aliphatic rings. The number of sulfone groups is 1. The zero-order valence-electron chi connectivity index (χ0n) is 22.3. The van der Waals surface area contributed by atoms with Gasteiger partial charge in [-0.2, -0.15) is 38.1 Å². The van der Waals surface area contributed by atoms with Gasteiger partial charge in [0.25, 0.3) is 5.91 Å². The fraction of sp³-hybridized carbons (Fsp3) is 0.536. The highest BCUT2D eigenvalue weighted by Gasteiger charge is 2.74. The van der Waals surface area contributed by atoms with Crippen LogP contribution >= 0.6 is 11.8 Å². The van der Waals surface area contributed by atoms with Crippen LogP contribution in [0.2, 0.25) is 0 Å². The summed E-state index contributed by atoms with van der Waals surface area (Å²) in [4.78, 5) is 12.7. The summed E-state index contributed by atoms with van der Waals surface area (Å²) in [5.41, 5.74) is -9.99. The van der Waals surface area contributed by atoms with Gasteiger partial charge < -0.3 is 5.32 Å². The molecule has 43 heavy (non-hydrogen) atoms. The summed E-state index contributed by atoms with van der Waals surface area (Å²) in [6.45, 7) is 0. The van der Waals surface area contributed by atoms with E-state index in [1.54, 1.807) is 0 Å². The lowest BCUT2D eigenvalue weighted by Crippen LogP contribution is -2.54. The smallest absolute Gasteiger partial charge is 0.350 e. The number of aryl methyl sites for hydroxylation is 1. The number of hydrogen-bond donors (Lipinski definition) is 1. The van der Waals surface area contributed by atoms with E-state index in [0.717, 1.165) is 30.3 Å². The van der Waals surface area contributed by atoms with Crippen molar-refractivity contribution in [2.75, 3.05) is 11.5 Å². The molecule has 5 rings (SSSR count). The molecule has 2 fully saturated rings. The molecule has 0 spiro atoms. The second kappa shape index (κ2) is 10.6. The summed E-state index contributed by atoms with van der Waals surface area (Å²) >= 11 is 1.48. The van der Waals surface area contributed by atoms with Crippen LogP contribution in [0, 0.1) is 11.7 Å². The summed E-state index contributed by atoms with van der Waals surface area (Å²) < 4.78 is 152. The molecule has 1 N–H and O–H groups in total. The van der Waals surface area contributed by atoms with Crippen LogP contribution in [0.15, 0.2) is 47.4 Å². The zero-order chi connectivity index (χ0) is 31.6. The maximum atomic E-state index is 15.5. The summed E-state index contributed by atoms with van der Waals surface area (Å²) in [6, 6.07) is 4.30. The largest absolute Gasteiger partial charge is 0.435 e. The maximum Gasteiger partial charge on any atom is 0.435 e. The molecule has 1 saturated carbocycles. The van der Waals surface area contributed by atoms with E-state index < -0.39 is 67.5 Å². The lowest BCUT2D eigenvalue weighted by atomic mass is 9.73. The summed E-state index contributed by atoms with van der Waals surface area (Å²) in [5.74, 6) is -1.82. The number of halogens is 9. The van der Waals surface area contributed by atoms with Gasteiger partial charge in [0.2, 0.25) is 0 Å². The Labute approximate surface area is 245 Å². The molecule has 1 heterocycles. The number of amides is 1. The first-order chi connectivity index (χ1) is 19.9. The first kappa shape index (κ1) is 32.0. The molecule has 15 heteroatoms. The highest BCUT2D eigenvalue weighted by molar-refractivity contribution is 7.99. The Hall–Kier alpha value is -2.42. The number of rotatable bonds is 5. The number of hydrogen-bond acceptors (Lipinski definition) is 4. The van der Waals surface area contributed by atoms with Crippen LogP contribution in [0.25, 0.3) is 0 Å². The normalized spacial score (nSPS) is 26.0. The van der Waals surface area contributed by atoms with Gasteiger partial charge in [-0.15, -0.1) is 0 Å². The third-order valence-corrected chi connectivity index (χ3v) is 12.6. The number of benzene rings is 2. The monoisotopic (exact) mass is 659 g/mol. The third kappa shape index (κ3) is 4.92. The summed E-state index contributed by atoms with van der Waals surface area (Å²) in [7, 11) is -4.56. The molecule has 0 unspecified atom stereocenters. The van der Waals surface area contributed by atoms with E-state index in [2.05, 4.69) is 5.32 Å². The van der Waals surface area contributed by atoms with E-state index in [1.807, 2.05) is 0 Å². The minimum absolute atomic E-state index is 0.000996. The highest BCUT2D eigenvalue weighted by atomic mass is 32.2. The number of nitrogens with one attached hydrogen (secondary N) is 1. The van der Waals surface area contributed by atoms with Crippen molar-refractivity contribution in [3.05, 3.63) is 65.0 Å². The molecule has 236 valence electrons. The molecule has 1 saturated heterocycles. The minimum atomic E-state index is -6.36. The Morgan fingerprint density at radius 2 is 1.49 bits per heavy atom. The van der Waals surface area contributed by atoms with Gasteiger partial charge in [-0.1, -0.05) is 18.2 Å². The van der Waals surface area contributed by atoms with Gasteiger partial charge in [0.1, 0.15) is 10.6 Å². The second-order valence-corrected chi connectivity index (χ2v) is 14.6. The van der Waals surface area contributed by atoms with Gasteiger partial charge in [0, 0.05) is 17.5 Å². The van der Waals surface area contributed by atoms with E-state index in [-0.39, 0.29) is 60.6 Å². The summed E-state index contributed by atoms with van der Waals surface area (Å²) in [6.07, 6.45) is -13.4. The van der Waals surface area contributed by atoms with Crippen molar-refractivity contribution in [3.8, 4) is 0 Å². The Morgan fingerprint density at radius 3 is 2.07 bits per heavy atom. The lowest BCUT2D eigenvalue weighted by Gasteiger charge is -2.43. The van der Waals surface area contributed by atoms with Gasteiger partial charge in [0.05, 0.1) is 4.90 Å². The highest BCUT2D eigenvalue weighted by Crippen LogP contribution is 2.59. The average Bonchev–Trinajstić information content (AvgIpc) is 3.32. The maximum absolute atomic E-state index is 15.5. The van der Waals surface area contributed by atoms with Crippen LogP contribution in [0.5, 0.6) is 0 Å². The Morgan fingerprint density at radius 1 is 0.884 bits per heavy atom. The number of carbonyl (C=O) groups is 1. The van der Waals surface area contributed by atoms with Gasteiger partial charge >= 0.3 is 18.0 Å². The first-order valence-electron chi connectivity index (χ1n) is 13.4. The van der Waals surface area contributed by atoms with Crippen molar-refractivity contribution in [2.45, 2.75) is 77.9 Å². The van der Waals surface area contributed by atoms with Gasteiger partial charge in [0.15, 0.2) is 15.5 Å².